The number of nitriles is 1. The molecule has 2 amide bonds. The van der Waals surface area contributed by atoms with E-state index in [1.165, 1.54) is 18.7 Å². The van der Waals surface area contributed by atoms with Crippen molar-refractivity contribution >= 4 is 17.7 Å². The molecule has 0 aliphatic rings. The lowest BCUT2D eigenvalue weighted by Gasteiger charge is -2.26. The number of rotatable bonds is 12. The molecule has 0 aliphatic heterocycles. The van der Waals surface area contributed by atoms with Crippen molar-refractivity contribution in [3.63, 3.8) is 0 Å². The first-order chi connectivity index (χ1) is 16.5. The molecule has 0 aliphatic carbocycles. The predicted molar refractivity (Wildman–Crippen MR) is 122 cm³/mol. The normalized spacial score (nSPS) is 12.4. The molecule has 10 heteroatoms. The molecule has 0 aromatic heterocycles. The van der Waals surface area contributed by atoms with Gasteiger partial charge in [-0.3, -0.25) is 15.3 Å². The van der Waals surface area contributed by atoms with Crippen LogP contribution in [-0.2, 0) is 14.3 Å². The molecule has 34 heavy (non-hydrogen) atoms. The fraction of sp³-hybridized carbons (Fsp3) is 0.292. The molecule has 0 bridgehead atoms. The standard InChI is InChI=1S/C24H27N3O7/c1-32-21(7-2-3-8-22(29)27-31)23(18-5-4-6-20(15-18)33-14-13-28)34-24(30)26-19-11-9-17(16-25)10-12-19/h3-6,8-12,15,21,23,28,31H,2,7,13-14H2,1H3,(H,26,30)(H,27,29)/b8-3+/t21-,23-/m1/s1. The highest BCUT2D eigenvalue weighted by Crippen LogP contribution is 2.29. The largest absolute Gasteiger partial charge is 0.491 e. The molecule has 0 unspecified atom stereocenters. The van der Waals surface area contributed by atoms with Crippen molar-refractivity contribution in [2.24, 2.45) is 0 Å². The predicted octanol–water partition coefficient (Wildman–Crippen LogP) is 3.08. The number of nitrogens with zero attached hydrogens (tertiary/aromatic N) is 1. The van der Waals surface area contributed by atoms with Crippen molar-refractivity contribution in [2.75, 3.05) is 25.6 Å². The average Bonchev–Trinajstić information content (AvgIpc) is 2.87. The Kier molecular flexibility index (Phi) is 11.1. The molecular weight excluding hydrogens is 442 g/mol. The summed E-state index contributed by atoms with van der Waals surface area (Å²) in [6, 6.07) is 15.2. The van der Waals surface area contributed by atoms with Gasteiger partial charge in [-0.1, -0.05) is 18.2 Å². The second kappa shape index (κ2) is 14.3. The number of methoxy groups -OCH3 is 1. The van der Waals surface area contributed by atoms with Gasteiger partial charge >= 0.3 is 6.09 Å². The Morgan fingerprint density at radius 1 is 1.21 bits per heavy atom. The maximum absolute atomic E-state index is 12.7. The Balaban J connectivity index is 2.20. The summed E-state index contributed by atoms with van der Waals surface area (Å²) in [4.78, 5) is 23.8. The van der Waals surface area contributed by atoms with E-state index in [1.807, 2.05) is 6.07 Å². The van der Waals surface area contributed by atoms with Gasteiger partial charge in [-0.2, -0.15) is 5.26 Å². The topological polar surface area (TPSA) is 150 Å². The maximum atomic E-state index is 12.7. The average molecular weight is 469 g/mol. The van der Waals surface area contributed by atoms with Gasteiger partial charge in [-0.25, -0.2) is 10.3 Å². The van der Waals surface area contributed by atoms with Crippen LogP contribution in [0, 0.1) is 11.3 Å². The third-order valence-electron chi connectivity index (χ3n) is 4.68. The SMILES string of the molecule is CO[C@H](CC/C=C/C(=O)NO)[C@H](OC(=O)Nc1ccc(C#N)cc1)c1cccc(OCCO)c1. The third-order valence-corrected chi connectivity index (χ3v) is 4.68. The first-order valence-electron chi connectivity index (χ1n) is 10.5. The Morgan fingerprint density at radius 2 is 1.97 bits per heavy atom. The molecule has 0 spiro atoms. The van der Waals surface area contributed by atoms with Crippen molar-refractivity contribution in [3.05, 3.63) is 71.8 Å². The second-order valence-corrected chi connectivity index (χ2v) is 7.01. The summed E-state index contributed by atoms with van der Waals surface area (Å²) in [6.45, 7) is -0.0365. The number of carbonyl (C=O) groups is 2. The van der Waals surface area contributed by atoms with Gasteiger partial charge in [-0.05, 0) is 54.8 Å². The lowest BCUT2D eigenvalue weighted by molar-refractivity contribution is -0.124. The number of benzene rings is 2. The number of allylic oxidation sites excluding steroid dienone is 1. The van der Waals surface area contributed by atoms with Crippen LogP contribution in [0.15, 0.2) is 60.7 Å². The summed E-state index contributed by atoms with van der Waals surface area (Å²) in [5.41, 5.74) is 3.03. The smallest absolute Gasteiger partial charge is 0.412 e. The second-order valence-electron chi connectivity index (χ2n) is 7.01. The zero-order chi connectivity index (χ0) is 24.8. The van der Waals surface area contributed by atoms with Gasteiger partial charge in [0.1, 0.15) is 12.4 Å². The molecule has 4 N–H and O–H groups in total. The fourth-order valence-electron chi connectivity index (χ4n) is 3.08. The summed E-state index contributed by atoms with van der Waals surface area (Å²) in [5.74, 6) is -0.167. The summed E-state index contributed by atoms with van der Waals surface area (Å²) in [7, 11) is 1.48. The highest BCUT2D eigenvalue weighted by molar-refractivity contribution is 5.86. The van der Waals surface area contributed by atoms with E-state index in [0.29, 0.717) is 35.4 Å². The van der Waals surface area contributed by atoms with Gasteiger partial charge in [0.2, 0.25) is 0 Å². The summed E-state index contributed by atoms with van der Waals surface area (Å²) < 4.78 is 16.8. The quantitative estimate of drug-likeness (QED) is 0.210. The van der Waals surface area contributed by atoms with Crippen molar-refractivity contribution in [1.29, 1.82) is 5.26 Å². The van der Waals surface area contributed by atoms with E-state index in [9.17, 15) is 9.59 Å². The molecular formula is C24H27N3O7. The minimum Gasteiger partial charge on any atom is -0.491 e. The van der Waals surface area contributed by atoms with Crippen LogP contribution in [0.2, 0.25) is 0 Å². The van der Waals surface area contributed by atoms with Crippen LogP contribution in [0.1, 0.15) is 30.1 Å². The molecule has 0 radical (unpaired) electrons. The van der Waals surface area contributed by atoms with E-state index in [4.69, 9.17) is 29.8 Å². The molecule has 2 aromatic carbocycles. The van der Waals surface area contributed by atoms with Crippen LogP contribution in [0.25, 0.3) is 0 Å². The minimum absolute atomic E-state index is 0.111. The van der Waals surface area contributed by atoms with Crippen molar-refractivity contribution in [3.8, 4) is 11.8 Å². The Bertz CT molecular complexity index is 1000. The number of hydrogen-bond donors (Lipinski definition) is 4. The van der Waals surface area contributed by atoms with Crippen LogP contribution in [0.5, 0.6) is 5.75 Å². The van der Waals surface area contributed by atoms with Gasteiger partial charge in [0.15, 0.2) is 6.10 Å². The summed E-state index contributed by atoms with van der Waals surface area (Å²) in [6.07, 6.45) is 1.40. The van der Waals surface area contributed by atoms with Crippen molar-refractivity contribution < 1.29 is 34.1 Å². The highest BCUT2D eigenvalue weighted by Gasteiger charge is 2.27. The number of ether oxygens (including phenoxy) is 3. The molecule has 0 heterocycles. The van der Waals surface area contributed by atoms with E-state index in [0.717, 1.165) is 0 Å². The maximum Gasteiger partial charge on any atom is 0.412 e. The van der Waals surface area contributed by atoms with Crippen LogP contribution in [-0.4, -0.2) is 48.7 Å². The molecule has 2 atom stereocenters. The lowest BCUT2D eigenvalue weighted by Crippen LogP contribution is -2.28. The van der Waals surface area contributed by atoms with E-state index in [2.05, 4.69) is 5.32 Å². The molecule has 180 valence electrons. The van der Waals surface area contributed by atoms with Gasteiger partial charge < -0.3 is 19.3 Å². The van der Waals surface area contributed by atoms with Crippen LogP contribution >= 0.6 is 0 Å². The van der Waals surface area contributed by atoms with E-state index in [-0.39, 0.29) is 13.2 Å². The number of carbonyl (C=O) groups excluding carboxylic acids is 2. The van der Waals surface area contributed by atoms with Crippen LogP contribution in [0.3, 0.4) is 0 Å². The minimum atomic E-state index is -0.832. The molecule has 2 aromatic rings. The molecule has 10 nitrogen and oxygen atoms in total. The van der Waals surface area contributed by atoms with Gasteiger partial charge in [0, 0.05) is 18.9 Å². The van der Waals surface area contributed by atoms with Crippen molar-refractivity contribution in [2.45, 2.75) is 25.0 Å². The summed E-state index contributed by atoms with van der Waals surface area (Å²) >= 11 is 0. The fourth-order valence-corrected chi connectivity index (χ4v) is 3.08. The van der Waals surface area contributed by atoms with Gasteiger partial charge in [-0.15, -0.1) is 0 Å². The van der Waals surface area contributed by atoms with E-state index < -0.39 is 24.2 Å². The third kappa shape index (κ3) is 8.55. The van der Waals surface area contributed by atoms with Gasteiger partial charge in [0.05, 0.1) is 24.3 Å². The first kappa shape index (κ1) is 26.3. The van der Waals surface area contributed by atoms with E-state index in [1.54, 1.807) is 54.6 Å². The zero-order valence-corrected chi connectivity index (χ0v) is 18.6. The van der Waals surface area contributed by atoms with Gasteiger partial charge in [0.25, 0.3) is 5.91 Å². The molecule has 0 saturated carbocycles. The van der Waals surface area contributed by atoms with Crippen LogP contribution in [0.4, 0.5) is 10.5 Å². The number of aliphatic hydroxyl groups is 1. The number of hydrogen-bond acceptors (Lipinski definition) is 8. The summed E-state index contributed by atoms with van der Waals surface area (Å²) in [5, 5.41) is 29.1. The molecule has 2 rings (SSSR count). The van der Waals surface area contributed by atoms with E-state index >= 15 is 0 Å². The number of amides is 2. The molecule has 0 saturated heterocycles. The van der Waals surface area contributed by atoms with Crippen molar-refractivity contribution in [1.82, 2.24) is 5.48 Å². The number of nitrogens with one attached hydrogen (secondary N) is 2. The monoisotopic (exact) mass is 469 g/mol. The number of aliphatic hydroxyl groups excluding tert-OH is 1. The first-order valence-corrected chi connectivity index (χ1v) is 10.5. The van der Waals surface area contributed by atoms with Crippen LogP contribution < -0.4 is 15.5 Å². The molecule has 0 fully saturated rings. The number of hydroxylamine groups is 1. The Labute approximate surface area is 197 Å². The lowest BCUT2D eigenvalue weighted by atomic mass is 10.00. The Morgan fingerprint density at radius 3 is 2.62 bits per heavy atom. The number of anilines is 1. The zero-order valence-electron chi connectivity index (χ0n) is 18.6. The Hall–Kier alpha value is -3.91. The highest BCUT2D eigenvalue weighted by atomic mass is 16.6.